The maximum absolute atomic E-state index is 11.9. The highest BCUT2D eigenvalue weighted by atomic mass is 32.1. The summed E-state index contributed by atoms with van der Waals surface area (Å²) in [6.07, 6.45) is 2.05. The molecule has 2 rings (SSSR count). The first-order valence-corrected chi connectivity index (χ1v) is 7.71. The van der Waals surface area contributed by atoms with E-state index in [2.05, 4.69) is 11.4 Å². The van der Waals surface area contributed by atoms with Gasteiger partial charge in [-0.15, -0.1) is 11.3 Å². The van der Waals surface area contributed by atoms with Gasteiger partial charge in [0.25, 0.3) is 0 Å². The lowest BCUT2D eigenvalue weighted by Gasteiger charge is -2.10. The fourth-order valence-corrected chi connectivity index (χ4v) is 2.77. The number of carbonyl (C=O) groups excluding carboxylic acids is 1. The molecule has 0 bridgehead atoms. The number of amides is 1. The first-order valence-electron chi connectivity index (χ1n) is 6.83. The fraction of sp³-hybridized carbons (Fsp3) is 0.250. The molecule has 0 spiro atoms. The molecule has 0 aliphatic carbocycles. The quantitative estimate of drug-likeness (QED) is 0.820. The van der Waals surface area contributed by atoms with Gasteiger partial charge >= 0.3 is 5.97 Å². The molecule has 1 heterocycles. The number of ether oxygens (including phenoxy) is 1. The predicted molar refractivity (Wildman–Crippen MR) is 85.8 cm³/mol. The maximum Gasteiger partial charge on any atom is 0.335 e. The third kappa shape index (κ3) is 4.33. The molecule has 0 radical (unpaired) electrons. The average Bonchev–Trinajstić information content (AvgIpc) is 3.00. The number of thiophene rings is 1. The van der Waals surface area contributed by atoms with Gasteiger partial charge < -0.3 is 15.2 Å². The van der Waals surface area contributed by atoms with Gasteiger partial charge in [0.05, 0.1) is 18.4 Å². The smallest absolute Gasteiger partial charge is 0.335 e. The number of hydrogen-bond acceptors (Lipinski definition) is 4. The monoisotopic (exact) mass is 319 g/mol. The number of aromatic carboxylic acids is 1. The van der Waals surface area contributed by atoms with Crippen molar-refractivity contribution in [2.45, 2.75) is 19.3 Å². The summed E-state index contributed by atoms with van der Waals surface area (Å²) in [6.45, 7) is 0. The lowest BCUT2D eigenvalue weighted by atomic mass is 10.1. The number of carbonyl (C=O) groups is 2. The minimum absolute atomic E-state index is 0.113. The Morgan fingerprint density at radius 1 is 1.32 bits per heavy atom. The SMILES string of the molecule is COc1cc(C(=O)O)ccc1NC(=O)CCCc1cccs1. The Morgan fingerprint density at radius 3 is 2.77 bits per heavy atom. The van der Waals surface area contributed by atoms with Gasteiger partial charge in [-0.1, -0.05) is 6.07 Å². The average molecular weight is 319 g/mol. The molecule has 0 saturated heterocycles. The van der Waals surface area contributed by atoms with Crippen molar-refractivity contribution in [1.82, 2.24) is 0 Å². The topological polar surface area (TPSA) is 75.6 Å². The molecule has 22 heavy (non-hydrogen) atoms. The zero-order valence-electron chi connectivity index (χ0n) is 12.2. The molecular formula is C16H17NO4S. The number of hydrogen-bond donors (Lipinski definition) is 2. The summed E-state index contributed by atoms with van der Waals surface area (Å²) in [7, 11) is 1.44. The summed E-state index contributed by atoms with van der Waals surface area (Å²) in [5.74, 6) is -0.809. The Hall–Kier alpha value is -2.34. The first-order chi connectivity index (χ1) is 10.6. The van der Waals surface area contributed by atoms with Crippen molar-refractivity contribution in [3.05, 3.63) is 46.2 Å². The molecule has 6 heteroatoms. The molecule has 2 N–H and O–H groups in total. The van der Waals surface area contributed by atoms with E-state index in [4.69, 9.17) is 9.84 Å². The van der Waals surface area contributed by atoms with Gasteiger partial charge in [0.15, 0.2) is 0 Å². The number of rotatable bonds is 7. The highest BCUT2D eigenvalue weighted by Gasteiger charge is 2.11. The van der Waals surface area contributed by atoms with Crippen molar-refractivity contribution in [2.75, 3.05) is 12.4 Å². The van der Waals surface area contributed by atoms with Crippen LogP contribution in [0.25, 0.3) is 0 Å². The zero-order valence-corrected chi connectivity index (χ0v) is 13.0. The summed E-state index contributed by atoms with van der Waals surface area (Å²) in [4.78, 5) is 24.1. The van der Waals surface area contributed by atoms with Gasteiger partial charge in [-0.2, -0.15) is 0 Å². The van der Waals surface area contributed by atoms with Crippen molar-refractivity contribution in [1.29, 1.82) is 0 Å². The van der Waals surface area contributed by atoms with Crippen LogP contribution in [0.1, 0.15) is 28.1 Å². The molecule has 0 fully saturated rings. The molecular weight excluding hydrogens is 302 g/mol. The lowest BCUT2D eigenvalue weighted by Crippen LogP contribution is -2.12. The Kier molecular flexibility index (Phi) is 5.55. The standard InChI is InChI=1S/C16H17NO4S/c1-21-14-10-11(16(19)20)7-8-13(14)17-15(18)6-2-4-12-5-3-9-22-12/h3,5,7-10H,2,4,6H2,1H3,(H,17,18)(H,19,20). The number of carboxylic acid groups (broad SMARTS) is 1. The highest BCUT2D eigenvalue weighted by Crippen LogP contribution is 2.26. The van der Waals surface area contributed by atoms with Gasteiger partial charge in [-0.3, -0.25) is 4.79 Å². The third-order valence-corrected chi connectivity index (χ3v) is 4.07. The van der Waals surface area contributed by atoms with E-state index in [0.29, 0.717) is 17.9 Å². The number of methoxy groups -OCH3 is 1. The summed E-state index contributed by atoms with van der Waals surface area (Å²) < 4.78 is 5.12. The van der Waals surface area contributed by atoms with E-state index >= 15 is 0 Å². The van der Waals surface area contributed by atoms with E-state index in [9.17, 15) is 9.59 Å². The van der Waals surface area contributed by atoms with Crippen molar-refractivity contribution >= 4 is 28.9 Å². The second-order valence-corrected chi connectivity index (χ2v) is 5.73. The van der Waals surface area contributed by atoms with Gasteiger partial charge in [0.1, 0.15) is 5.75 Å². The third-order valence-electron chi connectivity index (χ3n) is 3.13. The van der Waals surface area contributed by atoms with Crippen LogP contribution in [0.2, 0.25) is 0 Å². The molecule has 0 saturated carbocycles. The van der Waals surface area contributed by atoms with Gasteiger partial charge in [-0.25, -0.2) is 4.79 Å². The van der Waals surface area contributed by atoms with Crippen LogP contribution in [0.3, 0.4) is 0 Å². The zero-order chi connectivity index (χ0) is 15.9. The van der Waals surface area contributed by atoms with Crippen molar-refractivity contribution in [3.63, 3.8) is 0 Å². The van der Waals surface area contributed by atoms with Crippen molar-refractivity contribution in [3.8, 4) is 5.75 Å². The Labute approximate surface area is 132 Å². The number of anilines is 1. The number of carboxylic acids is 1. The largest absolute Gasteiger partial charge is 0.495 e. The fourth-order valence-electron chi connectivity index (χ4n) is 2.02. The number of benzene rings is 1. The van der Waals surface area contributed by atoms with Crippen LogP contribution in [0.4, 0.5) is 5.69 Å². The maximum atomic E-state index is 11.9. The molecule has 2 aromatic rings. The lowest BCUT2D eigenvalue weighted by molar-refractivity contribution is -0.116. The van der Waals surface area contributed by atoms with Crippen LogP contribution >= 0.6 is 11.3 Å². The second-order valence-electron chi connectivity index (χ2n) is 4.70. The molecule has 1 amide bonds. The van der Waals surface area contributed by atoms with E-state index in [0.717, 1.165) is 12.8 Å². The van der Waals surface area contributed by atoms with Crippen LogP contribution in [0.5, 0.6) is 5.75 Å². The van der Waals surface area contributed by atoms with Crippen LogP contribution in [0, 0.1) is 0 Å². The summed E-state index contributed by atoms with van der Waals surface area (Å²) in [5, 5.41) is 13.7. The molecule has 1 aromatic heterocycles. The van der Waals surface area contributed by atoms with E-state index in [1.54, 1.807) is 17.4 Å². The Balaban J connectivity index is 1.91. The van der Waals surface area contributed by atoms with Crippen molar-refractivity contribution < 1.29 is 19.4 Å². The molecule has 0 atom stereocenters. The highest BCUT2D eigenvalue weighted by molar-refractivity contribution is 7.09. The van der Waals surface area contributed by atoms with Gasteiger partial charge in [0.2, 0.25) is 5.91 Å². The van der Waals surface area contributed by atoms with Crippen LogP contribution in [-0.4, -0.2) is 24.1 Å². The minimum Gasteiger partial charge on any atom is -0.495 e. The van der Waals surface area contributed by atoms with E-state index < -0.39 is 5.97 Å². The summed E-state index contributed by atoms with van der Waals surface area (Å²) in [5.41, 5.74) is 0.598. The van der Waals surface area contributed by atoms with Crippen molar-refractivity contribution in [2.24, 2.45) is 0 Å². The molecule has 0 aliphatic rings. The van der Waals surface area contributed by atoms with Crippen LogP contribution in [0.15, 0.2) is 35.7 Å². The van der Waals surface area contributed by atoms with Crippen LogP contribution in [-0.2, 0) is 11.2 Å². The van der Waals surface area contributed by atoms with E-state index in [-0.39, 0.29) is 11.5 Å². The molecule has 116 valence electrons. The Morgan fingerprint density at radius 2 is 2.14 bits per heavy atom. The predicted octanol–water partition coefficient (Wildman–Crippen LogP) is 3.42. The van der Waals surface area contributed by atoms with E-state index in [1.165, 1.54) is 24.1 Å². The summed E-state index contributed by atoms with van der Waals surface area (Å²) in [6, 6.07) is 8.42. The Bertz CT molecular complexity index is 652. The molecule has 5 nitrogen and oxygen atoms in total. The van der Waals surface area contributed by atoms with E-state index in [1.807, 2.05) is 11.4 Å². The molecule has 1 aromatic carbocycles. The minimum atomic E-state index is -1.04. The van der Waals surface area contributed by atoms with Gasteiger partial charge in [0, 0.05) is 11.3 Å². The molecule has 0 aliphatic heterocycles. The normalized spacial score (nSPS) is 10.2. The second kappa shape index (κ2) is 7.61. The molecule has 0 unspecified atom stereocenters. The number of aryl methyl sites for hydroxylation is 1. The first kappa shape index (κ1) is 16.0. The summed E-state index contributed by atoms with van der Waals surface area (Å²) >= 11 is 1.68. The van der Waals surface area contributed by atoms with Gasteiger partial charge in [-0.05, 0) is 42.5 Å². The number of nitrogens with one attached hydrogen (secondary N) is 1. The van der Waals surface area contributed by atoms with Crippen LogP contribution < -0.4 is 10.1 Å².